The third-order valence-corrected chi connectivity index (χ3v) is 3.44. The van der Waals surface area contributed by atoms with Gasteiger partial charge in [-0.3, -0.25) is 19.8 Å². The Bertz CT molecular complexity index is 670. The van der Waals surface area contributed by atoms with Gasteiger partial charge in [-0.25, -0.2) is 0 Å². The van der Waals surface area contributed by atoms with Crippen LogP contribution in [0.2, 0.25) is 0 Å². The second-order valence-corrected chi connectivity index (χ2v) is 4.63. The topological polar surface area (TPSA) is 63.4 Å². The van der Waals surface area contributed by atoms with Crippen molar-refractivity contribution in [2.24, 2.45) is 0 Å². The molecule has 0 aliphatic carbocycles. The van der Waals surface area contributed by atoms with Gasteiger partial charge in [-0.2, -0.15) is 0 Å². The first-order chi connectivity index (χ1) is 9.68. The Morgan fingerprint density at radius 1 is 1.05 bits per heavy atom. The Kier molecular flexibility index (Phi) is 2.95. The molecule has 0 saturated carbocycles. The number of nitrogens with zero attached hydrogens (tertiary/aromatic N) is 2. The van der Waals surface area contributed by atoms with Crippen LogP contribution in [0.25, 0.3) is 0 Å². The van der Waals surface area contributed by atoms with Gasteiger partial charge in [0.2, 0.25) is 6.54 Å². The van der Waals surface area contributed by atoms with E-state index >= 15 is 0 Å². The molecule has 0 bridgehead atoms. The molecule has 3 rings (SSSR count). The first kappa shape index (κ1) is 12.3. The summed E-state index contributed by atoms with van der Waals surface area (Å²) in [5, 5.41) is 10.9. The lowest BCUT2D eigenvalue weighted by molar-refractivity contribution is -0.482. The molecule has 0 fully saturated rings. The highest BCUT2D eigenvalue weighted by Gasteiger charge is 2.40. The Labute approximate surface area is 115 Å². The molecule has 0 radical (unpaired) electrons. The zero-order chi connectivity index (χ0) is 14.1. The first-order valence-corrected chi connectivity index (χ1v) is 6.28. The van der Waals surface area contributed by atoms with Crippen LogP contribution in [0.4, 0.5) is 5.69 Å². The first-order valence-electron chi connectivity index (χ1n) is 6.28. The molecule has 5 nitrogen and oxygen atoms in total. The lowest BCUT2D eigenvalue weighted by atomic mass is 10.0. The van der Waals surface area contributed by atoms with Gasteiger partial charge in [0.05, 0.1) is 0 Å². The van der Waals surface area contributed by atoms with Crippen LogP contribution in [0.5, 0.6) is 0 Å². The molecule has 1 unspecified atom stereocenters. The number of amides is 1. The molecule has 2 aromatic rings. The Balaban J connectivity index is 2.10. The van der Waals surface area contributed by atoms with E-state index in [0.717, 1.165) is 5.56 Å². The Hall–Kier alpha value is -2.69. The molecular weight excluding hydrogens is 256 g/mol. The lowest BCUT2D eigenvalue weighted by Crippen LogP contribution is -2.31. The van der Waals surface area contributed by atoms with Crippen molar-refractivity contribution in [1.29, 1.82) is 0 Å². The van der Waals surface area contributed by atoms with Crippen LogP contribution in [0.3, 0.4) is 0 Å². The second-order valence-electron chi connectivity index (χ2n) is 4.63. The maximum absolute atomic E-state index is 12.5. The normalized spacial score (nSPS) is 17.1. The van der Waals surface area contributed by atoms with E-state index in [4.69, 9.17) is 0 Å². The van der Waals surface area contributed by atoms with Crippen molar-refractivity contribution in [2.45, 2.75) is 6.04 Å². The minimum Gasteiger partial charge on any atom is -0.294 e. The van der Waals surface area contributed by atoms with Crippen LogP contribution in [0, 0.1) is 10.1 Å². The fourth-order valence-corrected chi connectivity index (χ4v) is 2.60. The number of carbonyl (C=O) groups excluding carboxylic acids is 1. The van der Waals surface area contributed by atoms with Crippen molar-refractivity contribution in [2.75, 3.05) is 11.4 Å². The number of hydrogen-bond acceptors (Lipinski definition) is 3. The van der Waals surface area contributed by atoms with Crippen LogP contribution < -0.4 is 4.90 Å². The standard InChI is InChI=1S/C15H12N2O3/c18-15-13-9-5-4-8-12(13)14(10-16(19)20)17(15)11-6-2-1-3-7-11/h1-9,14H,10H2. The van der Waals surface area contributed by atoms with Gasteiger partial charge in [-0.1, -0.05) is 36.4 Å². The van der Waals surface area contributed by atoms with Crippen molar-refractivity contribution in [3.8, 4) is 0 Å². The fraction of sp³-hybridized carbons (Fsp3) is 0.133. The summed E-state index contributed by atoms with van der Waals surface area (Å²) in [5.41, 5.74) is 1.95. The van der Waals surface area contributed by atoms with E-state index in [0.29, 0.717) is 11.3 Å². The molecule has 2 aromatic carbocycles. The van der Waals surface area contributed by atoms with Crippen LogP contribution in [0.1, 0.15) is 22.0 Å². The summed E-state index contributed by atoms with van der Waals surface area (Å²) in [7, 11) is 0. The minimum absolute atomic E-state index is 0.182. The average molecular weight is 268 g/mol. The van der Waals surface area contributed by atoms with E-state index < -0.39 is 6.04 Å². The number of rotatable bonds is 3. The molecule has 1 aliphatic heterocycles. The SMILES string of the molecule is O=C1c2ccccc2C(C[N+](=O)[O-])N1c1ccccc1. The number of benzene rings is 2. The molecule has 20 heavy (non-hydrogen) atoms. The van der Waals surface area contributed by atoms with E-state index in [2.05, 4.69) is 0 Å². The van der Waals surface area contributed by atoms with Gasteiger partial charge in [-0.15, -0.1) is 0 Å². The number of nitro groups is 1. The zero-order valence-corrected chi connectivity index (χ0v) is 10.6. The van der Waals surface area contributed by atoms with Crippen molar-refractivity contribution in [3.05, 3.63) is 75.8 Å². The molecule has 1 aliphatic rings. The summed E-state index contributed by atoms with van der Waals surface area (Å²) in [6.07, 6.45) is 0. The quantitative estimate of drug-likeness (QED) is 0.635. The Morgan fingerprint density at radius 2 is 1.70 bits per heavy atom. The van der Waals surface area contributed by atoms with Crippen LogP contribution in [-0.4, -0.2) is 17.4 Å². The van der Waals surface area contributed by atoms with E-state index in [1.165, 1.54) is 4.90 Å². The van der Waals surface area contributed by atoms with Gasteiger partial charge in [0.15, 0.2) is 0 Å². The highest BCUT2D eigenvalue weighted by molar-refractivity contribution is 6.11. The number of fused-ring (bicyclic) bond motifs is 1. The van der Waals surface area contributed by atoms with Crippen molar-refractivity contribution in [1.82, 2.24) is 0 Å². The second kappa shape index (κ2) is 4.77. The third kappa shape index (κ3) is 1.93. The minimum atomic E-state index is -0.545. The molecular formula is C15H12N2O3. The number of para-hydroxylation sites is 1. The van der Waals surface area contributed by atoms with Crippen molar-refractivity contribution >= 4 is 11.6 Å². The van der Waals surface area contributed by atoms with Gasteiger partial charge in [0.25, 0.3) is 5.91 Å². The van der Waals surface area contributed by atoms with Gasteiger partial charge >= 0.3 is 0 Å². The zero-order valence-electron chi connectivity index (χ0n) is 10.6. The maximum Gasteiger partial charge on any atom is 0.259 e. The van der Waals surface area contributed by atoms with E-state index in [-0.39, 0.29) is 17.4 Å². The molecule has 1 atom stereocenters. The summed E-state index contributed by atoms with van der Waals surface area (Å²) in [6, 6.07) is 15.6. The molecule has 0 saturated heterocycles. The molecule has 0 spiro atoms. The number of hydrogen-bond donors (Lipinski definition) is 0. The Morgan fingerprint density at radius 3 is 2.40 bits per heavy atom. The molecule has 0 N–H and O–H groups in total. The molecule has 100 valence electrons. The van der Waals surface area contributed by atoms with Crippen LogP contribution in [0.15, 0.2) is 54.6 Å². The van der Waals surface area contributed by atoms with Gasteiger partial charge in [0.1, 0.15) is 6.04 Å². The van der Waals surface area contributed by atoms with Gasteiger partial charge < -0.3 is 0 Å². The third-order valence-electron chi connectivity index (χ3n) is 3.44. The van der Waals surface area contributed by atoms with E-state index in [9.17, 15) is 14.9 Å². The monoisotopic (exact) mass is 268 g/mol. The summed E-state index contributed by atoms with van der Waals surface area (Å²) in [5.74, 6) is -0.182. The number of carbonyl (C=O) groups is 1. The summed E-state index contributed by atoms with van der Waals surface area (Å²) >= 11 is 0. The highest BCUT2D eigenvalue weighted by atomic mass is 16.6. The molecule has 5 heteroatoms. The fourth-order valence-electron chi connectivity index (χ4n) is 2.60. The molecule has 1 heterocycles. The van der Waals surface area contributed by atoms with E-state index in [1.54, 1.807) is 36.4 Å². The van der Waals surface area contributed by atoms with Gasteiger partial charge in [-0.05, 0) is 23.8 Å². The lowest BCUT2D eigenvalue weighted by Gasteiger charge is -2.22. The van der Waals surface area contributed by atoms with Crippen LogP contribution >= 0.6 is 0 Å². The largest absolute Gasteiger partial charge is 0.294 e. The molecule has 0 aromatic heterocycles. The predicted octanol–water partition coefficient (Wildman–Crippen LogP) is 2.66. The summed E-state index contributed by atoms with van der Waals surface area (Å²) in [6.45, 7) is -0.294. The predicted molar refractivity (Wildman–Crippen MR) is 74.3 cm³/mol. The van der Waals surface area contributed by atoms with Crippen LogP contribution in [-0.2, 0) is 0 Å². The maximum atomic E-state index is 12.5. The van der Waals surface area contributed by atoms with Gasteiger partial charge in [0, 0.05) is 16.2 Å². The average Bonchev–Trinajstić information content (AvgIpc) is 2.73. The van der Waals surface area contributed by atoms with Crippen molar-refractivity contribution < 1.29 is 9.72 Å². The molecule has 1 amide bonds. The van der Waals surface area contributed by atoms with Crippen molar-refractivity contribution in [3.63, 3.8) is 0 Å². The summed E-state index contributed by atoms with van der Waals surface area (Å²) in [4.78, 5) is 24.5. The van der Waals surface area contributed by atoms with E-state index in [1.807, 2.05) is 18.2 Å². The highest BCUT2D eigenvalue weighted by Crippen LogP contribution is 2.37. The smallest absolute Gasteiger partial charge is 0.259 e. The summed E-state index contributed by atoms with van der Waals surface area (Å²) < 4.78 is 0. The number of anilines is 1.